The Bertz CT molecular complexity index is 60.6. The predicted octanol–water partition coefficient (Wildman–Crippen LogP) is -1.14. The molecule has 0 aliphatic heterocycles. The molecule has 0 unspecified atom stereocenters. The topological polar surface area (TPSA) is 9.23 Å². The molecule has 0 aromatic rings. The summed E-state index contributed by atoms with van der Waals surface area (Å²) in [5, 5.41) is 1.19. The summed E-state index contributed by atoms with van der Waals surface area (Å²) in [6.07, 6.45) is 0. The van der Waals surface area contributed by atoms with Gasteiger partial charge in [-0.05, 0) is 0 Å². The van der Waals surface area contributed by atoms with E-state index in [0.717, 1.165) is 0 Å². The van der Waals surface area contributed by atoms with Crippen molar-refractivity contribution in [3.05, 3.63) is 0 Å². The zero-order chi connectivity index (χ0) is 6.62. The van der Waals surface area contributed by atoms with Gasteiger partial charge in [-0.25, -0.2) is 0 Å². The smallest absolute Gasteiger partial charge is 1.00 e. The van der Waals surface area contributed by atoms with Crippen molar-refractivity contribution in [1.29, 1.82) is 0 Å². The van der Waals surface area contributed by atoms with Gasteiger partial charge in [-0.3, -0.25) is 0 Å². The Balaban J connectivity index is 0. The Morgan fingerprint density at radius 3 is 1.89 bits per heavy atom. The van der Waals surface area contributed by atoms with Crippen molar-refractivity contribution in [1.82, 2.24) is 0 Å². The first-order chi connectivity index (χ1) is 3.56. The minimum atomic E-state index is 0. The second kappa shape index (κ2) is 5.56. The summed E-state index contributed by atoms with van der Waals surface area (Å²) < 4.78 is 5.46. The molecule has 54 valence electrons. The van der Waals surface area contributed by atoms with Gasteiger partial charge in [0, 0.05) is 0 Å². The largest absolute Gasteiger partial charge is 1.00 e. The first-order valence-corrected chi connectivity index (χ1v) is 4.34. The van der Waals surface area contributed by atoms with Crippen molar-refractivity contribution in [3.63, 3.8) is 0 Å². The summed E-state index contributed by atoms with van der Waals surface area (Å²) >= 11 is 0.242. The molecule has 0 saturated carbocycles. The summed E-state index contributed by atoms with van der Waals surface area (Å²) in [4.78, 5) is 0. The van der Waals surface area contributed by atoms with Crippen LogP contribution in [0.4, 0.5) is 0 Å². The Kier molecular flexibility index (Phi) is 7.69. The van der Waals surface area contributed by atoms with E-state index in [2.05, 4.69) is 27.7 Å². The predicted molar refractivity (Wildman–Crippen MR) is 37.1 cm³/mol. The molecule has 0 radical (unpaired) electrons. The molecule has 0 rings (SSSR count). The van der Waals surface area contributed by atoms with Crippen molar-refractivity contribution in [2.24, 2.45) is 0 Å². The van der Waals surface area contributed by atoms with Gasteiger partial charge in [0.1, 0.15) is 0 Å². The fourth-order valence-electron chi connectivity index (χ4n) is 0.333. The van der Waals surface area contributed by atoms with E-state index in [1.165, 1.54) is 5.28 Å². The van der Waals surface area contributed by atoms with E-state index in [1.54, 1.807) is 0 Å². The fraction of sp³-hybridized carbons (Fsp3) is 1.00. The Hall–Kier alpha value is 0.782. The average molecular weight is 165 g/mol. The number of halogens is 1. The van der Waals surface area contributed by atoms with E-state index in [-0.39, 0.29) is 33.6 Å². The first kappa shape index (κ1) is 12.5. The second-order valence-corrected chi connectivity index (χ2v) is 4.19. The molecule has 0 aliphatic carbocycles. The third-order valence-electron chi connectivity index (χ3n) is 0.604. The summed E-state index contributed by atoms with van der Waals surface area (Å²) in [5.41, 5.74) is 0.0886. The van der Waals surface area contributed by atoms with E-state index in [0.29, 0.717) is 0 Å². The minimum Gasteiger partial charge on any atom is -1.00 e. The summed E-state index contributed by atoms with van der Waals surface area (Å²) in [6.45, 7) is 8.43. The second-order valence-electron chi connectivity index (χ2n) is 2.81. The summed E-state index contributed by atoms with van der Waals surface area (Å²) in [6, 6.07) is 0. The van der Waals surface area contributed by atoms with Crippen LogP contribution >= 0.6 is 0 Å². The van der Waals surface area contributed by atoms with Crippen LogP contribution < -0.4 is 12.4 Å². The maximum Gasteiger partial charge on any atom is -1.00 e. The van der Waals surface area contributed by atoms with Crippen molar-refractivity contribution < 1.29 is 16.2 Å². The van der Waals surface area contributed by atoms with Gasteiger partial charge in [0.15, 0.2) is 0 Å². The molecule has 0 aliphatic rings. The molecule has 1 nitrogen and oxygen atoms in total. The van der Waals surface area contributed by atoms with Crippen LogP contribution in [-0.4, -0.2) is 21.2 Å². The van der Waals surface area contributed by atoms with Crippen LogP contribution in [0.1, 0.15) is 27.7 Å². The Labute approximate surface area is 70.6 Å². The molecular formula is C6H14AlClO. The molecular weight excluding hydrogens is 150 g/mol. The Morgan fingerprint density at radius 2 is 1.78 bits per heavy atom. The molecule has 0 amide bonds. The van der Waals surface area contributed by atoms with E-state index in [4.69, 9.17) is 3.79 Å². The summed E-state index contributed by atoms with van der Waals surface area (Å²) in [5.74, 6) is 0. The third-order valence-corrected chi connectivity index (χ3v) is 1.81. The van der Waals surface area contributed by atoms with Crippen LogP contribution in [-0.2, 0) is 3.79 Å². The van der Waals surface area contributed by atoms with Gasteiger partial charge in [0.2, 0.25) is 0 Å². The number of hydrogen-bond acceptors (Lipinski definition) is 1. The van der Waals surface area contributed by atoms with Gasteiger partial charge in [-0.2, -0.15) is 0 Å². The normalized spacial score (nSPS) is 9.78. The molecule has 0 heterocycles. The van der Waals surface area contributed by atoms with Crippen molar-refractivity contribution in [3.8, 4) is 0 Å². The molecule has 0 N–H and O–H groups in total. The number of rotatable bonds is 2. The van der Waals surface area contributed by atoms with Gasteiger partial charge in [-0.15, -0.1) is 0 Å². The monoisotopic (exact) mass is 164 g/mol. The molecule has 0 spiro atoms. The zero-order valence-corrected chi connectivity index (χ0v) is 8.48. The number of hydrogen-bond donors (Lipinski definition) is 0. The maximum atomic E-state index is 5.46. The SMILES string of the molecule is C[CH2][Al+][O]C(C)(C)C.[Cl-]. The van der Waals surface area contributed by atoms with E-state index in [9.17, 15) is 0 Å². The molecule has 3 heteroatoms. The quantitative estimate of drug-likeness (QED) is 0.469. The van der Waals surface area contributed by atoms with E-state index >= 15 is 0 Å². The maximum absolute atomic E-state index is 5.46. The standard InChI is InChI=1S/C4H9O.C2H5.Al.ClH/c1-4(2,3)5;1-2;;/h1-3H3;1H2,2H3;;1H/q-1;;+2;/p-1. The molecule has 0 aromatic heterocycles. The van der Waals surface area contributed by atoms with Gasteiger partial charge < -0.3 is 12.4 Å². The minimum absolute atomic E-state index is 0. The van der Waals surface area contributed by atoms with Crippen LogP contribution in [0, 0.1) is 0 Å². The van der Waals surface area contributed by atoms with Crippen molar-refractivity contribution in [2.45, 2.75) is 38.6 Å². The molecule has 9 heavy (non-hydrogen) atoms. The van der Waals surface area contributed by atoms with Crippen molar-refractivity contribution >= 4 is 15.6 Å². The van der Waals surface area contributed by atoms with E-state index < -0.39 is 0 Å². The average Bonchev–Trinajstić information content (AvgIpc) is 1.59. The molecule has 0 atom stereocenters. The first-order valence-electron chi connectivity index (χ1n) is 3.06. The molecule has 0 bridgehead atoms. The van der Waals surface area contributed by atoms with Crippen LogP contribution in [0.15, 0.2) is 0 Å². The van der Waals surface area contributed by atoms with Crippen LogP contribution in [0.3, 0.4) is 0 Å². The summed E-state index contributed by atoms with van der Waals surface area (Å²) in [7, 11) is 0. The molecule has 0 saturated heterocycles. The van der Waals surface area contributed by atoms with Gasteiger partial charge in [0.25, 0.3) is 0 Å². The fourth-order valence-corrected chi connectivity index (χ4v) is 1.00. The van der Waals surface area contributed by atoms with Gasteiger partial charge >= 0.3 is 57.9 Å². The van der Waals surface area contributed by atoms with Gasteiger partial charge in [-0.1, -0.05) is 0 Å². The Morgan fingerprint density at radius 1 is 1.33 bits per heavy atom. The van der Waals surface area contributed by atoms with Gasteiger partial charge in [0.05, 0.1) is 0 Å². The van der Waals surface area contributed by atoms with Crippen molar-refractivity contribution in [2.75, 3.05) is 0 Å². The molecule has 0 aromatic carbocycles. The van der Waals surface area contributed by atoms with Crippen LogP contribution in [0.5, 0.6) is 0 Å². The van der Waals surface area contributed by atoms with E-state index in [1.807, 2.05) is 0 Å². The molecule has 0 fully saturated rings. The van der Waals surface area contributed by atoms with Crippen LogP contribution in [0.25, 0.3) is 0 Å². The van der Waals surface area contributed by atoms with Crippen LogP contribution in [0.2, 0.25) is 5.28 Å². The third kappa shape index (κ3) is 12.1. The zero-order valence-electron chi connectivity index (χ0n) is 6.57.